The van der Waals surface area contributed by atoms with Gasteiger partial charge < -0.3 is 4.74 Å². The normalized spacial score (nSPS) is 17.2. The van der Waals surface area contributed by atoms with Crippen molar-refractivity contribution in [3.63, 3.8) is 0 Å². The zero-order chi connectivity index (χ0) is 26.3. The van der Waals surface area contributed by atoms with E-state index in [0.29, 0.717) is 11.3 Å². The molecule has 2 heterocycles. The lowest BCUT2D eigenvalue weighted by Crippen LogP contribution is -2.35. The monoisotopic (exact) mass is 492 g/mol. The third kappa shape index (κ3) is 4.04. The predicted octanol–water partition coefficient (Wildman–Crippen LogP) is 9.48. The van der Waals surface area contributed by atoms with E-state index in [1.165, 1.54) is 80.9 Å². The van der Waals surface area contributed by atoms with Crippen LogP contribution in [0.3, 0.4) is 0 Å². The van der Waals surface area contributed by atoms with Crippen molar-refractivity contribution in [2.45, 2.75) is 86.5 Å². The molecule has 1 saturated carbocycles. The van der Waals surface area contributed by atoms with E-state index in [-0.39, 0.29) is 5.41 Å². The highest BCUT2D eigenvalue weighted by atomic mass is 16.5. The van der Waals surface area contributed by atoms with Crippen LogP contribution in [-0.4, -0.2) is 0 Å². The molecule has 0 atom stereocenters. The lowest BCUT2D eigenvalue weighted by Gasteiger charge is -2.36. The molecule has 0 bridgehead atoms. The van der Waals surface area contributed by atoms with E-state index in [1.54, 1.807) is 0 Å². The molecule has 2 nitrogen and oxygen atoms in total. The number of fused-ring (bicyclic) bond motifs is 3. The van der Waals surface area contributed by atoms with Gasteiger partial charge in [-0.2, -0.15) is 4.57 Å². The molecular weight excluding hydrogens is 450 g/mol. The van der Waals surface area contributed by atoms with Crippen LogP contribution in [0.1, 0.15) is 88.5 Å². The van der Waals surface area contributed by atoms with Crippen molar-refractivity contribution in [2.24, 2.45) is 17.9 Å². The smallest absolute Gasteiger partial charge is 0.257 e. The number of hydrogen-bond donors (Lipinski definition) is 0. The number of ether oxygens (including phenoxy) is 1. The van der Waals surface area contributed by atoms with Crippen molar-refractivity contribution in [3.05, 3.63) is 64.7 Å². The zero-order valence-electron chi connectivity index (χ0n) is 24.0. The number of aromatic nitrogens is 1. The number of aryl methyl sites for hydroxylation is 2. The lowest BCUT2D eigenvalue weighted by molar-refractivity contribution is -0.633. The van der Waals surface area contributed by atoms with Crippen LogP contribution < -0.4 is 9.30 Å². The Labute approximate surface area is 222 Å². The number of para-hydroxylation sites is 1. The Kier molecular flexibility index (Phi) is 5.50. The Hall–Kier alpha value is -2.87. The number of hydrogen-bond acceptors (Lipinski definition) is 1. The van der Waals surface area contributed by atoms with Crippen molar-refractivity contribution in [1.29, 1.82) is 0 Å². The van der Waals surface area contributed by atoms with Crippen molar-refractivity contribution in [1.82, 2.24) is 0 Å². The Bertz CT molecular complexity index is 1560. The average Bonchev–Trinajstić information content (AvgIpc) is 2.81. The molecule has 2 heteroatoms. The summed E-state index contributed by atoms with van der Waals surface area (Å²) in [6, 6.07) is 16.1. The van der Waals surface area contributed by atoms with Gasteiger partial charge in [0, 0.05) is 17.0 Å². The molecule has 2 aliphatic rings. The van der Waals surface area contributed by atoms with Crippen molar-refractivity contribution in [3.8, 4) is 22.8 Å². The van der Waals surface area contributed by atoms with Crippen molar-refractivity contribution < 1.29 is 9.30 Å². The highest BCUT2D eigenvalue weighted by molar-refractivity contribution is 6.06. The summed E-state index contributed by atoms with van der Waals surface area (Å²) in [4.78, 5) is 0. The fourth-order valence-corrected chi connectivity index (χ4v) is 7.00. The molecule has 1 fully saturated rings. The number of nitrogens with zero attached hydrogens (tertiary/aromatic N) is 1. The van der Waals surface area contributed by atoms with Crippen LogP contribution in [0.2, 0.25) is 0 Å². The summed E-state index contributed by atoms with van der Waals surface area (Å²) < 4.78 is 9.50. The van der Waals surface area contributed by atoms with Gasteiger partial charge in [-0.15, -0.1) is 0 Å². The molecule has 0 amide bonds. The Morgan fingerprint density at radius 2 is 1.70 bits per heavy atom. The van der Waals surface area contributed by atoms with Crippen LogP contribution in [-0.2, 0) is 13.5 Å². The number of pyridine rings is 1. The minimum atomic E-state index is 0.220. The van der Waals surface area contributed by atoms with Gasteiger partial charge in [0.2, 0.25) is 11.3 Å². The maximum atomic E-state index is 7.10. The van der Waals surface area contributed by atoms with E-state index >= 15 is 0 Å². The molecule has 0 radical (unpaired) electrons. The predicted molar refractivity (Wildman–Crippen MR) is 156 cm³/mol. The molecule has 0 spiro atoms. The van der Waals surface area contributed by atoms with Crippen LogP contribution in [0.5, 0.6) is 11.5 Å². The summed E-state index contributed by atoms with van der Waals surface area (Å²) in [6.45, 7) is 16.4. The van der Waals surface area contributed by atoms with Gasteiger partial charge in [-0.05, 0) is 96.9 Å². The highest BCUT2D eigenvalue weighted by Crippen LogP contribution is 2.54. The van der Waals surface area contributed by atoms with Gasteiger partial charge in [0.25, 0.3) is 5.69 Å². The summed E-state index contributed by atoms with van der Waals surface area (Å²) in [5.41, 5.74) is 10.1. The third-order valence-corrected chi connectivity index (χ3v) is 9.06. The first kappa shape index (κ1) is 24.5. The SMILES string of the molecule is Cc1cc2cc(CC(C)(C)C)cc3c2c(c1C)-c1c(c(C2CCC(C)(C)CC2)c2ccccc2[n+]1C)O3. The fraction of sp³-hybridized carbons (Fsp3) is 0.457. The van der Waals surface area contributed by atoms with E-state index < -0.39 is 0 Å². The number of rotatable bonds is 2. The van der Waals surface area contributed by atoms with E-state index in [2.05, 4.69) is 103 Å². The molecule has 0 N–H and O–H groups in total. The molecule has 37 heavy (non-hydrogen) atoms. The molecule has 1 aliphatic carbocycles. The summed E-state index contributed by atoms with van der Waals surface area (Å²) >= 11 is 0. The zero-order valence-corrected chi connectivity index (χ0v) is 24.0. The van der Waals surface area contributed by atoms with Crippen LogP contribution in [0.15, 0.2) is 42.5 Å². The van der Waals surface area contributed by atoms with Gasteiger partial charge >= 0.3 is 0 Å². The van der Waals surface area contributed by atoms with Crippen LogP contribution in [0, 0.1) is 24.7 Å². The standard InChI is InChI=1S/C35H42NO/c1-21-17-25-18-23(20-34(3,4)5)19-28-31(25)29(22(21)2)32-33(37-28)30(24-13-15-35(6,7)16-14-24)26-11-9-10-12-27(26)36(32)8/h9-12,17-19,24H,13-16,20H2,1-8H3/q+1. The topological polar surface area (TPSA) is 13.1 Å². The van der Waals surface area contributed by atoms with Crippen LogP contribution in [0.25, 0.3) is 32.9 Å². The maximum Gasteiger partial charge on any atom is 0.257 e. The highest BCUT2D eigenvalue weighted by Gasteiger charge is 2.38. The Morgan fingerprint density at radius 3 is 2.41 bits per heavy atom. The van der Waals surface area contributed by atoms with E-state index in [4.69, 9.17) is 4.74 Å². The molecule has 6 rings (SSSR count). The second kappa shape index (κ2) is 8.32. The van der Waals surface area contributed by atoms with Gasteiger partial charge in [0.05, 0.1) is 10.9 Å². The van der Waals surface area contributed by atoms with Gasteiger partial charge in [-0.3, -0.25) is 0 Å². The van der Waals surface area contributed by atoms with E-state index in [1.807, 2.05) is 0 Å². The fourth-order valence-electron chi connectivity index (χ4n) is 7.00. The second-order valence-electron chi connectivity index (χ2n) is 13.8. The van der Waals surface area contributed by atoms with Crippen LogP contribution in [0.4, 0.5) is 0 Å². The Morgan fingerprint density at radius 1 is 1.00 bits per heavy atom. The van der Waals surface area contributed by atoms with Gasteiger partial charge in [-0.25, -0.2) is 0 Å². The van der Waals surface area contributed by atoms with E-state index in [0.717, 1.165) is 17.9 Å². The first-order valence-electron chi connectivity index (χ1n) is 14.1. The average molecular weight is 493 g/mol. The van der Waals surface area contributed by atoms with Gasteiger partial charge in [0.15, 0.2) is 0 Å². The van der Waals surface area contributed by atoms with Gasteiger partial charge in [0.1, 0.15) is 12.8 Å². The number of benzene rings is 3. The molecule has 3 aromatic carbocycles. The van der Waals surface area contributed by atoms with Crippen molar-refractivity contribution in [2.75, 3.05) is 0 Å². The minimum Gasteiger partial charge on any atom is -0.449 e. The third-order valence-electron chi connectivity index (χ3n) is 9.06. The minimum absolute atomic E-state index is 0.220. The molecular formula is C35H42NO+. The Balaban J connectivity index is 1.68. The summed E-state index contributed by atoms with van der Waals surface area (Å²) in [6.07, 6.45) is 6.01. The maximum absolute atomic E-state index is 7.10. The van der Waals surface area contributed by atoms with Gasteiger partial charge in [-0.1, -0.05) is 58.9 Å². The largest absolute Gasteiger partial charge is 0.449 e. The summed E-state index contributed by atoms with van der Waals surface area (Å²) in [5, 5.41) is 3.92. The van der Waals surface area contributed by atoms with E-state index in [9.17, 15) is 0 Å². The quantitative estimate of drug-likeness (QED) is 0.224. The molecule has 1 aromatic heterocycles. The summed E-state index contributed by atoms with van der Waals surface area (Å²) in [7, 11) is 2.23. The molecule has 192 valence electrons. The first-order chi connectivity index (χ1) is 17.4. The molecule has 4 aromatic rings. The second-order valence-corrected chi connectivity index (χ2v) is 13.8. The summed E-state index contributed by atoms with van der Waals surface area (Å²) in [5.74, 6) is 2.66. The van der Waals surface area contributed by atoms with Crippen molar-refractivity contribution >= 4 is 21.7 Å². The molecule has 1 aliphatic heterocycles. The molecule has 0 unspecified atom stereocenters. The molecule has 0 saturated heterocycles. The van der Waals surface area contributed by atoms with Crippen LogP contribution >= 0.6 is 0 Å². The lowest BCUT2D eigenvalue weighted by atomic mass is 9.70. The first-order valence-corrected chi connectivity index (χ1v) is 14.1.